The fraction of sp³-hybridized carbons (Fsp3) is 0.412. The molecular weight excluding hydrogens is 328 g/mol. The SMILES string of the molecule is CC(C)C1CC(=O)C2=C(C1)NN=C(c1ccc(Br)cc1)C2. The zero-order valence-electron chi connectivity index (χ0n) is 12.3. The Balaban J connectivity index is 1.82. The maximum absolute atomic E-state index is 12.4. The molecule has 4 heteroatoms. The Morgan fingerprint density at radius 3 is 2.62 bits per heavy atom. The van der Waals surface area contributed by atoms with Crippen LogP contribution in [-0.2, 0) is 4.79 Å². The average Bonchev–Trinajstić information content (AvgIpc) is 2.47. The van der Waals surface area contributed by atoms with Gasteiger partial charge in [0.1, 0.15) is 0 Å². The third-order valence-corrected chi connectivity index (χ3v) is 4.93. The summed E-state index contributed by atoms with van der Waals surface area (Å²) in [4.78, 5) is 12.4. The van der Waals surface area contributed by atoms with E-state index < -0.39 is 0 Å². The lowest BCUT2D eigenvalue weighted by atomic mass is 9.78. The van der Waals surface area contributed by atoms with E-state index in [4.69, 9.17) is 0 Å². The molecule has 1 aliphatic heterocycles. The van der Waals surface area contributed by atoms with Crippen molar-refractivity contribution < 1.29 is 4.79 Å². The average molecular weight is 347 g/mol. The number of nitrogens with zero attached hydrogens (tertiary/aromatic N) is 1. The van der Waals surface area contributed by atoms with Crippen molar-refractivity contribution in [3.05, 3.63) is 45.6 Å². The van der Waals surface area contributed by atoms with Gasteiger partial charge >= 0.3 is 0 Å². The highest BCUT2D eigenvalue weighted by Gasteiger charge is 2.31. The Hall–Kier alpha value is -1.42. The predicted molar refractivity (Wildman–Crippen MR) is 88.0 cm³/mol. The molecule has 0 bridgehead atoms. The van der Waals surface area contributed by atoms with Gasteiger partial charge in [-0.1, -0.05) is 41.9 Å². The molecule has 1 atom stereocenters. The normalized spacial score (nSPS) is 22.0. The zero-order chi connectivity index (χ0) is 15.0. The van der Waals surface area contributed by atoms with E-state index >= 15 is 0 Å². The first kappa shape index (κ1) is 14.5. The predicted octanol–water partition coefficient (Wildman–Crippen LogP) is 4.04. The number of rotatable bonds is 2. The molecule has 3 rings (SSSR count). The quantitative estimate of drug-likeness (QED) is 0.877. The van der Waals surface area contributed by atoms with E-state index in [2.05, 4.69) is 40.3 Å². The monoisotopic (exact) mass is 346 g/mol. The Morgan fingerprint density at radius 2 is 1.95 bits per heavy atom. The summed E-state index contributed by atoms with van der Waals surface area (Å²) in [7, 11) is 0. The summed E-state index contributed by atoms with van der Waals surface area (Å²) in [6.45, 7) is 4.37. The number of ketones is 1. The van der Waals surface area contributed by atoms with Crippen LogP contribution in [-0.4, -0.2) is 11.5 Å². The number of carbonyl (C=O) groups is 1. The minimum atomic E-state index is 0.284. The highest BCUT2D eigenvalue weighted by atomic mass is 79.9. The molecule has 1 aromatic rings. The smallest absolute Gasteiger partial charge is 0.161 e. The number of nitrogens with one attached hydrogen (secondary N) is 1. The van der Waals surface area contributed by atoms with E-state index in [1.54, 1.807) is 0 Å². The second kappa shape index (κ2) is 5.76. The van der Waals surface area contributed by atoms with Crippen molar-refractivity contribution in [3.63, 3.8) is 0 Å². The molecule has 0 radical (unpaired) electrons. The molecule has 0 fully saturated rings. The van der Waals surface area contributed by atoms with Crippen molar-refractivity contribution in [2.24, 2.45) is 16.9 Å². The lowest BCUT2D eigenvalue weighted by molar-refractivity contribution is -0.117. The summed E-state index contributed by atoms with van der Waals surface area (Å²) in [5, 5.41) is 4.48. The molecule has 1 aliphatic carbocycles. The summed E-state index contributed by atoms with van der Waals surface area (Å²) in [5.74, 6) is 1.25. The largest absolute Gasteiger partial charge is 0.294 e. The van der Waals surface area contributed by atoms with Gasteiger partial charge in [-0.3, -0.25) is 10.2 Å². The number of benzene rings is 1. The van der Waals surface area contributed by atoms with Crippen LogP contribution in [0.15, 0.2) is 45.1 Å². The van der Waals surface area contributed by atoms with Gasteiger partial charge in [0.2, 0.25) is 0 Å². The van der Waals surface area contributed by atoms with E-state index in [0.717, 1.165) is 33.4 Å². The Bertz CT molecular complexity index is 629. The van der Waals surface area contributed by atoms with Gasteiger partial charge in [0.05, 0.1) is 5.71 Å². The number of hydrogen-bond acceptors (Lipinski definition) is 3. The molecule has 0 saturated carbocycles. The van der Waals surface area contributed by atoms with Crippen molar-refractivity contribution in [1.82, 2.24) is 5.43 Å². The minimum absolute atomic E-state index is 0.284. The number of Topliss-reactive ketones (excluding diaryl/α,β-unsaturated/α-hetero) is 1. The van der Waals surface area contributed by atoms with Crippen molar-refractivity contribution in [2.45, 2.75) is 33.1 Å². The molecular formula is C17H19BrN2O. The maximum atomic E-state index is 12.4. The van der Waals surface area contributed by atoms with Crippen LogP contribution in [0, 0.1) is 11.8 Å². The standard InChI is InChI=1S/C17H19BrN2O/c1-10(2)12-7-16-14(17(21)8-12)9-15(19-20-16)11-3-5-13(18)6-4-11/h3-6,10,12,20H,7-9H2,1-2H3. The van der Waals surface area contributed by atoms with Crippen molar-refractivity contribution in [1.29, 1.82) is 0 Å². The molecule has 0 aromatic heterocycles. The third kappa shape index (κ3) is 2.95. The van der Waals surface area contributed by atoms with Crippen LogP contribution >= 0.6 is 15.9 Å². The molecule has 0 amide bonds. The first-order chi connectivity index (χ1) is 10.0. The molecule has 2 aliphatic rings. The highest BCUT2D eigenvalue weighted by Crippen LogP contribution is 2.34. The number of carbonyl (C=O) groups excluding carboxylic acids is 1. The summed E-state index contributed by atoms with van der Waals surface area (Å²) in [6, 6.07) is 8.05. The molecule has 21 heavy (non-hydrogen) atoms. The molecule has 3 nitrogen and oxygen atoms in total. The summed E-state index contributed by atoms with van der Waals surface area (Å²) in [6.07, 6.45) is 2.26. The van der Waals surface area contributed by atoms with Crippen LogP contribution in [0.1, 0.15) is 38.7 Å². The van der Waals surface area contributed by atoms with Gasteiger partial charge in [0.15, 0.2) is 5.78 Å². The lowest BCUT2D eigenvalue weighted by Gasteiger charge is -2.31. The lowest BCUT2D eigenvalue weighted by Crippen LogP contribution is -2.32. The fourth-order valence-electron chi connectivity index (χ4n) is 2.93. The fourth-order valence-corrected chi connectivity index (χ4v) is 3.19. The Labute approximate surface area is 133 Å². The molecule has 0 spiro atoms. The molecule has 1 unspecified atom stereocenters. The van der Waals surface area contributed by atoms with E-state index in [-0.39, 0.29) is 5.78 Å². The van der Waals surface area contributed by atoms with Gasteiger partial charge in [-0.2, -0.15) is 5.10 Å². The van der Waals surface area contributed by atoms with E-state index in [9.17, 15) is 4.79 Å². The number of halogens is 1. The van der Waals surface area contributed by atoms with Crippen molar-refractivity contribution in [3.8, 4) is 0 Å². The van der Waals surface area contributed by atoms with Gasteiger partial charge in [0, 0.05) is 28.6 Å². The van der Waals surface area contributed by atoms with E-state index in [0.29, 0.717) is 24.7 Å². The van der Waals surface area contributed by atoms with Gasteiger partial charge in [0.25, 0.3) is 0 Å². The molecule has 1 aromatic carbocycles. The van der Waals surface area contributed by atoms with Gasteiger partial charge in [-0.15, -0.1) is 0 Å². The van der Waals surface area contributed by atoms with E-state index in [1.165, 1.54) is 0 Å². The summed E-state index contributed by atoms with van der Waals surface area (Å²) >= 11 is 3.44. The Morgan fingerprint density at radius 1 is 1.24 bits per heavy atom. The van der Waals surface area contributed by atoms with Crippen LogP contribution in [0.2, 0.25) is 0 Å². The van der Waals surface area contributed by atoms with Crippen molar-refractivity contribution >= 4 is 27.4 Å². The van der Waals surface area contributed by atoms with Crippen molar-refractivity contribution in [2.75, 3.05) is 0 Å². The maximum Gasteiger partial charge on any atom is 0.161 e. The summed E-state index contributed by atoms with van der Waals surface area (Å²) in [5.41, 5.74) is 7.11. The molecule has 1 heterocycles. The van der Waals surface area contributed by atoms with Crippen LogP contribution in [0.3, 0.4) is 0 Å². The molecule has 0 saturated heterocycles. The number of allylic oxidation sites excluding steroid dienone is 2. The van der Waals surface area contributed by atoms with Gasteiger partial charge in [-0.25, -0.2) is 0 Å². The number of hydrogen-bond donors (Lipinski definition) is 1. The Kier molecular flexibility index (Phi) is 3.98. The first-order valence-corrected chi connectivity index (χ1v) is 8.17. The van der Waals surface area contributed by atoms with Crippen LogP contribution in [0.4, 0.5) is 0 Å². The van der Waals surface area contributed by atoms with E-state index in [1.807, 2.05) is 24.3 Å². The second-order valence-electron chi connectivity index (χ2n) is 6.15. The zero-order valence-corrected chi connectivity index (χ0v) is 13.9. The third-order valence-electron chi connectivity index (χ3n) is 4.41. The van der Waals surface area contributed by atoms with Crippen LogP contribution < -0.4 is 5.43 Å². The summed E-state index contributed by atoms with van der Waals surface area (Å²) < 4.78 is 1.05. The first-order valence-electron chi connectivity index (χ1n) is 7.38. The topological polar surface area (TPSA) is 41.5 Å². The van der Waals surface area contributed by atoms with Crippen LogP contribution in [0.5, 0.6) is 0 Å². The van der Waals surface area contributed by atoms with Crippen LogP contribution in [0.25, 0.3) is 0 Å². The molecule has 110 valence electrons. The minimum Gasteiger partial charge on any atom is -0.294 e. The molecule has 1 N–H and O–H groups in total. The second-order valence-corrected chi connectivity index (χ2v) is 7.06. The van der Waals surface area contributed by atoms with Gasteiger partial charge in [-0.05, 0) is 36.0 Å². The highest BCUT2D eigenvalue weighted by molar-refractivity contribution is 9.10. The van der Waals surface area contributed by atoms with Gasteiger partial charge < -0.3 is 0 Å². The number of hydrazone groups is 1.